The Hall–Kier alpha value is -2.52. The van der Waals surface area contributed by atoms with Gasteiger partial charge in [0.1, 0.15) is 6.42 Å². The second kappa shape index (κ2) is 18.0. The van der Waals surface area contributed by atoms with E-state index in [-0.39, 0.29) is 24.1 Å². The second-order valence-corrected chi connectivity index (χ2v) is 7.90. The van der Waals surface area contributed by atoms with Crippen LogP contribution in [0, 0.1) is 0 Å². The van der Waals surface area contributed by atoms with E-state index in [1.165, 1.54) is 6.92 Å². The van der Waals surface area contributed by atoms with Gasteiger partial charge in [-0.1, -0.05) is 50.1 Å². The van der Waals surface area contributed by atoms with Gasteiger partial charge in [0.25, 0.3) is 0 Å². The molecule has 7 nitrogen and oxygen atoms in total. The molecule has 0 aliphatic rings. The molecule has 0 radical (unpaired) electrons. The Labute approximate surface area is 211 Å². The van der Waals surface area contributed by atoms with Crippen molar-refractivity contribution in [3.8, 4) is 0 Å². The van der Waals surface area contributed by atoms with Crippen LogP contribution in [-0.4, -0.2) is 43.5 Å². The van der Waals surface area contributed by atoms with Crippen LogP contribution in [0.15, 0.2) is 57.5 Å². The lowest BCUT2D eigenvalue weighted by atomic mass is 10.1. The van der Waals surface area contributed by atoms with Crippen LogP contribution < -0.4 is 0 Å². The van der Waals surface area contributed by atoms with Crippen LogP contribution in [-0.2, 0) is 23.8 Å². The van der Waals surface area contributed by atoms with E-state index in [0.29, 0.717) is 30.9 Å². The Kier molecular flexibility index (Phi) is 16.6. The van der Waals surface area contributed by atoms with Gasteiger partial charge < -0.3 is 14.2 Å². The molecule has 180 valence electrons. The molecule has 0 bridgehead atoms. The van der Waals surface area contributed by atoms with Gasteiger partial charge in [-0.15, -0.1) is 0 Å². The van der Waals surface area contributed by atoms with Crippen LogP contribution in [0.1, 0.15) is 54.8 Å². The molecule has 0 aliphatic heterocycles. The molecule has 0 unspecified atom stereocenters. The zero-order valence-corrected chi connectivity index (χ0v) is 22.2. The van der Waals surface area contributed by atoms with Crippen LogP contribution in [0.2, 0.25) is 0 Å². The third-order valence-corrected chi connectivity index (χ3v) is 4.43. The van der Waals surface area contributed by atoms with Gasteiger partial charge in [-0.25, -0.2) is 4.79 Å². The normalized spacial score (nSPS) is 9.27. The number of esters is 3. The summed E-state index contributed by atoms with van der Waals surface area (Å²) in [5, 5.41) is 0. The number of halogens is 2. The third-order valence-electron chi connectivity index (χ3n) is 3.44. The molecule has 0 fully saturated rings. The maximum absolute atomic E-state index is 11.6. The lowest BCUT2D eigenvalue weighted by Crippen LogP contribution is -2.11. The monoisotopic (exact) mass is 586 g/mol. The zero-order valence-electron chi connectivity index (χ0n) is 19.1. The van der Waals surface area contributed by atoms with E-state index in [2.05, 4.69) is 36.6 Å². The fourth-order valence-corrected chi connectivity index (χ4v) is 2.94. The first-order valence-corrected chi connectivity index (χ1v) is 11.7. The topological polar surface area (TPSA) is 96.0 Å². The number of hydrogen-bond donors (Lipinski definition) is 0. The number of carbonyl (C=O) groups is 4. The molecule has 2 aromatic carbocycles. The summed E-state index contributed by atoms with van der Waals surface area (Å²) in [5.41, 5.74) is 1.09. The Bertz CT molecular complexity index is 913. The molecule has 2 aromatic rings. The fraction of sp³-hybridized carbons (Fsp3) is 0.333. The van der Waals surface area contributed by atoms with Crippen LogP contribution in [0.3, 0.4) is 0 Å². The third kappa shape index (κ3) is 15.0. The van der Waals surface area contributed by atoms with E-state index in [9.17, 15) is 19.2 Å². The highest BCUT2D eigenvalue weighted by molar-refractivity contribution is 9.10. The summed E-state index contributed by atoms with van der Waals surface area (Å²) in [6.45, 7) is 7.85. The van der Waals surface area contributed by atoms with Crippen LogP contribution in [0.4, 0.5) is 0 Å². The predicted octanol–water partition coefficient (Wildman–Crippen LogP) is 5.78. The van der Waals surface area contributed by atoms with Crippen molar-refractivity contribution in [3.05, 3.63) is 68.6 Å². The zero-order chi connectivity index (χ0) is 25.2. The molecule has 9 heteroatoms. The van der Waals surface area contributed by atoms with Crippen molar-refractivity contribution in [3.63, 3.8) is 0 Å². The molecule has 0 amide bonds. The maximum atomic E-state index is 11.6. The lowest BCUT2D eigenvalue weighted by molar-refractivity contribution is -0.142. The van der Waals surface area contributed by atoms with Gasteiger partial charge in [0.2, 0.25) is 0 Å². The summed E-state index contributed by atoms with van der Waals surface area (Å²) < 4.78 is 15.6. The van der Waals surface area contributed by atoms with Crippen LogP contribution in [0.5, 0.6) is 0 Å². The molecule has 0 aromatic heterocycles. The number of ether oxygens (including phenoxy) is 3. The number of Topliss-reactive ketones (excluding diaryl/α,β-unsaturated/α-hetero) is 1. The molecular formula is C24H28Br2O7. The summed E-state index contributed by atoms with van der Waals surface area (Å²) in [7, 11) is 0. The number of benzene rings is 2. The number of ketones is 1. The Balaban J connectivity index is 0.000000509. The molecule has 33 heavy (non-hydrogen) atoms. The molecular weight excluding hydrogens is 560 g/mol. The summed E-state index contributed by atoms with van der Waals surface area (Å²) in [6, 6.07) is 14.1. The molecule has 0 N–H and O–H groups in total. The Morgan fingerprint density at radius 1 is 0.727 bits per heavy atom. The van der Waals surface area contributed by atoms with Gasteiger partial charge in [0, 0.05) is 21.4 Å². The van der Waals surface area contributed by atoms with Crippen molar-refractivity contribution in [1.29, 1.82) is 0 Å². The first-order valence-electron chi connectivity index (χ1n) is 10.1. The van der Waals surface area contributed by atoms with Gasteiger partial charge in [-0.2, -0.15) is 0 Å². The second-order valence-electron chi connectivity index (χ2n) is 6.07. The number of carbonyl (C=O) groups excluding carboxylic acids is 4. The van der Waals surface area contributed by atoms with Crippen molar-refractivity contribution in [2.45, 2.75) is 34.1 Å². The van der Waals surface area contributed by atoms with E-state index in [0.717, 1.165) is 8.95 Å². The molecule has 0 atom stereocenters. The maximum Gasteiger partial charge on any atom is 0.338 e. The van der Waals surface area contributed by atoms with Gasteiger partial charge in [-0.3, -0.25) is 14.4 Å². The van der Waals surface area contributed by atoms with E-state index < -0.39 is 5.97 Å². The first-order chi connectivity index (χ1) is 15.6. The van der Waals surface area contributed by atoms with Gasteiger partial charge in [0.05, 0.1) is 25.4 Å². The first kappa shape index (κ1) is 30.5. The quantitative estimate of drug-likeness (QED) is 0.175. The van der Waals surface area contributed by atoms with E-state index in [4.69, 9.17) is 9.47 Å². The highest BCUT2D eigenvalue weighted by Crippen LogP contribution is 2.13. The van der Waals surface area contributed by atoms with Crippen molar-refractivity contribution >= 4 is 55.6 Å². The van der Waals surface area contributed by atoms with Crippen LogP contribution >= 0.6 is 31.9 Å². The fourth-order valence-electron chi connectivity index (χ4n) is 2.14. The minimum Gasteiger partial charge on any atom is -0.466 e. The molecule has 2 rings (SSSR count). The van der Waals surface area contributed by atoms with E-state index in [1.54, 1.807) is 57.2 Å². The minimum atomic E-state index is -0.484. The summed E-state index contributed by atoms with van der Waals surface area (Å²) in [5.74, 6) is -1.20. The number of rotatable bonds is 7. The molecule has 0 spiro atoms. The minimum absolute atomic E-state index is 0.204. The summed E-state index contributed by atoms with van der Waals surface area (Å²) in [6.07, 6.45) is -0.204. The molecule has 0 saturated carbocycles. The number of hydrogen-bond acceptors (Lipinski definition) is 7. The van der Waals surface area contributed by atoms with Gasteiger partial charge in [0.15, 0.2) is 5.78 Å². The Morgan fingerprint density at radius 3 is 1.64 bits per heavy atom. The van der Waals surface area contributed by atoms with E-state index in [1.807, 2.05) is 12.1 Å². The van der Waals surface area contributed by atoms with Gasteiger partial charge >= 0.3 is 17.9 Å². The Morgan fingerprint density at radius 2 is 1.21 bits per heavy atom. The average molecular weight is 588 g/mol. The van der Waals surface area contributed by atoms with E-state index >= 15 is 0 Å². The summed E-state index contributed by atoms with van der Waals surface area (Å²) >= 11 is 6.53. The van der Waals surface area contributed by atoms with Gasteiger partial charge in [-0.05, 0) is 51.1 Å². The largest absolute Gasteiger partial charge is 0.466 e. The predicted molar refractivity (Wildman–Crippen MR) is 132 cm³/mol. The smallest absolute Gasteiger partial charge is 0.338 e. The molecule has 0 saturated heterocycles. The highest BCUT2D eigenvalue weighted by Gasteiger charge is 2.12. The van der Waals surface area contributed by atoms with Crippen molar-refractivity contribution in [2.24, 2.45) is 0 Å². The van der Waals surface area contributed by atoms with Crippen molar-refractivity contribution in [2.75, 3.05) is 19.8 Å². The van der Waals surface area contributed by atoms with Crippen LogP contribution in [0.25, 0.3) is 0 Å². The highest BCUT2D eigenvalue weighted by atomic mass is 79.9. The standard InChI is InChI=1S/C11H11BrO3.C9H9BrO2.C4H8O2/c1-2-15-11(14)7-10(13)8-4-3-5-9(12)6-8;1-2-12-9(11)7-4-3-5-8(10)6-7;1-3-6-4(2)5/h3-6H,2,7H2,1H3;3-6H,2H2,1H3;3H2,1-2H3. The molecule has 0 heterocycles. The summed E-state index contributed by atoms with van der Waals surface area (Å²) in [4.78, 5) is 43.6. The molecule has 0 aliphatic carbocycles. The average Bonchev–Trinajstić information content (AvgIpc) is 2.75. The lowest BCUT2D eigenvalue weighted by Gasteiger charge is -2.01. The van der Waals surface area contributed by atoms with Crippen molar-refractivity contribution < 1.29 is 33.4 Å². The SMILES string of the molecule is CCOC(=O)CC(=O)c1cccc(Br)c1.CCOC(=O)c1cccc(Br)c1.CCOC(C)=O. The van der Waals surface area contributed by atoms with Crippen molar-refractivity contribution in [1.82, 2.24) is 0 Å².